The second kappa shape index (κ2) is 17.0. The van der Waals surface area contributed by atoms with Crippen molar-refractivity contribution in [3.8, 4) is 11.5 Å². The van der Waals surface area contributed by atoms with Crippen molar-refractivity contribution in [1.29, 1.82) is 0 Å². The maximum absolute atomic E-state index is 12.9. The third kappa shape index (κ3) is 10.7. The molecule has 0 aliphatic carbocycles. The van der Waals surface area contributed by atoms with Crippen molar-refractivity contribution in [2.24, 2.45) is 29.4 Å². The first-order valence-electron chi connectivity index (χ1n) is 14.3. The van der Waals surface area contributed by atoms with Crippen LogP contribution in [0.3, 0.4) is 0 Å². The van der Waals surface area contributed by atoms with Crippen LogP contribution < -0.4 is 20.5 Å². The van der Waals surface area contributed by atoms with E-state index < -0.39 is 12.1 Å². The van der Waals surface area contributed by atoms with Crippen molar-refractivity contribution in [3.05, 3.63) is 23.8 Å². The molecule has 1 aromatic rings. The number of amides is 1. The number of ether oxygens (including phenoxy) is 4. The van der Waals surface area contributed by atoms with E-state index in [4.69, 9.17) is 24.7 Å². The molecule has 0 unspecified atom stereocenters. The van der Waals surface area contributed by atoms with Crippen molar-refractivity contribution in [2.75, 3.05) is 40.6 Å². The maximum Gasteiger partial charge on any atom is 0.223 e. The molecule has 1 aliphatic heterocycles. The molecule has 8 nitrogen and oxygen atoms in total. The van der Waals surface area contributed by atoms with Crippen LogP contribution in [0.15, 0.2) is 18.2 Å². The lowest BCUT2D eigenvalue weighted by molar-refractivity contribution is -0.128. The fraction of sp³-hybridized carbons (Fsp3) is 0.767. The van der Waals surface area contributed by atoms with E-state index in [0.717, 1.165) is 43.6 Å². The molecule has 1 aliphatic rings. The van der Waals surface area contributed by atoms with Crippen LogP contribution in [0.25, 0.3) is 0 Å². The molecule has 218 valence electrons. The number of methoxy groups -OCH3 is 2. The molecule has 2 rings (SSSR count). The predicted octanol–water partition coefficient (Wildman–Crippen LogP) is 3.96. The number of aliphatic hydroxyl groups is 1. The van der Waals surface area contributed by atoms with Crippen molar-refractivity contribution in [1.82, 2.24) is 5.32 Å². The topological polar surface area (TPSA) is 112 Å². The zero-order chi connectivity index (χ0) is 28.1. The third-order valence-electron chi connectivity index (χ3n) is 7.65. The number of carbonyl (C=O) groups is 1. The molecule has 0 spiro atoms. The summed E-state index contributed by atoms with van der Waals surface area (Å²) >= 11 is 0. The van der Waals surface area contributed by atoms with Crippen LogP contribution in [0, 0.1) is 23.7 Å². The van der Waals surface area contributed by atoms with Gasteiger partial charge in [0.1, 0.15) is 0 Å². The van der Waals surface area contributed by atoms with Crippen LogP contribution in [-0.4, -0.2) is 69.8 Å². The minimum atomic E-state index is -0.757. The summed E-state index contributed by atoms with van der Waals surface area (Å²) in [5, 5.41) is 14.1. The van der Waals surface area contributed by atoms with Gasteiger partial charge in [0.25, 0.3) is 0 Å². The minimum Gasteiger partial charge on any atom is -0.493 e. The Bertz CT molecular complexity index is 812. The molecule has 1 heterocycles. The van der Waals surface area contributed by atoms with Crippen LogP contribution >= 0.6 is 0 Å². The number of nitrogens with two attached hydrogens (primary N) is 1. The highest BCUT2D eigenvalue weighted by molar-refractivity contribution is 5.78. The average Bonchev–Trinajstić information content (AvgIpc) is 3.41. The summed E-state index contributed by atoms with van der Waals surface area (Å²) in [7, 11) is 3.32. The van der Waals surface area contributed by atoms with Gasteiger partial charge >= 0.3 is 0 Å². The lowest BCUT2D eigenvalue weighted by atomic mass is 9.81. The molecule has 0 saturated carbocycles. The zero-order valence-corrected chi connectivity index (χ0v) is 24.4. The number of benzene rings is 1. The first kappa shape index (κ1) is 32.3. The Morgan fingerprint density at radius 3 is 2.50 bits per heavy atom. The number of hydrogen-bond acceptors (Lipinski definition) is 7. The third-order valence-corrected chi connectivity index (χ3v) is 7.65. The predicted molar refractivity (Wildman–Crippen MR) is 151 cm³/mol. The molecule has 0 aromatic heterocycles. The second-order valence-electron chi connectivity index (χ2n) is 11.3. The SMILES string of the molecule is COCCCOc1cc(C[C@@H](C[C@H](N)[C@@H](O)C[C@H](C(=O)NC[C@H]2CCCO2)C(C)C)C(C)C)ccc1OC. The molecule has 8 heteroatoms. The summed E-state index contributed by atoms with van der Waals surface area (Å²) < 4.78 is 22.2. The van der Waals surface area contributed by atoms with E-state index in [1.807, 2.05) is 26.0 Å². The van der Waals surface area contributed by atoms with E-state index in [9.17, 15) is 9.90 Å². The number of aliphatic hydroxyl groups excluding tert-OH is 1. The Morgan fingerprint density at radius 2 is 1.89 bits per heavy atom. The molecule has 1 saturated heterocycles. The quantitative estimate of drug-likeness (QED) is 0.244. The van der Waals surface area contributed by atoms with Gasteiger partial charge in [0.05, 0.1) is 25.9 Å². The highest BCUT2D eigenvalue weighted by atomic mass is 16.5. The van der Waals surface area contributed by atoms with E-state index in [1.54, 1.807) is 14.2 Å². The van der Waals surface area contributed by atoms with Gasteiger partial charge in [-0.1, -0.05) is 33.8 Å². The summed E-state index contributed by atoms with van der Waals surface area (Å²) in [6.45, 7) is 10.9. The molecule has 1 fully saturated rings. The molecule has 0 bridgehead atoms. The molecular formula is C30H52N2O6. The zero-order valence-electron chi connectivity index (χ0n) is 24.4. The highest BCUT2D eigenvalue weighted by Gasteiger charge is 2.30. The van der Waals surface area contributed by atoms with Crippen LogP contribution in [0.2, 0.25) is 0 Å². The Morgan fingerprint density at radius 1 is 1.13 bits per heavy atom. The highest BCUT2D eigenvalue weighted by Crippen LogP contribution is 2.31. The maximum atomic E-state index is 12.9. The van der Waals surface area contributed by atoms with Gasteiger partial charge in [-0.05, 0) is 67.6 Å². The Labute approximate surface area is 229 Å². The number of hydrogen-bond donors (Lipinski definition) is 3. The summed E-state index contributed by atoms with van der Waals surface area (Å²) in [6, 6.07) is 5.62. The van der Waals surface area contributed by atoms with Gasteiger partial charge < -0.3 is 35.1 Å². The van der Waals surface area contributed by atoms with E-state index >= 15 is 0 Å². The first-order chi connectivity index (χ1) is 18.2. The molecule has 38 heavy (non-hydrogen) atoms. The van der Waals surface area contributed by atoms with E-state index in [2.05, 4.69) is 25.2 Å². The van der Waals surface area contributed by atoms with Crippen molar-refractivity contribution in [3.63, 3.8) is 0 Å². The van der Waals surface area contributed by atoms with Gasteiger partial charge in [0.2, 0.25) is 5.91 Å². The second-order valence-corrected chi connectivity index (χ2v) is 11.3. The van der Waals surface area contributed by atoms with Gasteiger partial charge in [-0.2, -0.15) is 0 Å². The number of carbonyl (C=O) groups excluding carboxylic acids is 1. The fourth-order valence-corrected chi connectivity index (χ4v) is 5.01. The summed E-state index contributed by atoms with van der Waals surface area (Å²) in [5.74, 6) is 1.84. The monoisotopic (exact) mass is 536 g/mol. The molecular weight excluding hydrogens is 484 g/mol. The van der Waals surface area contributed by atoms with Crippen molar-refractivity contribution in [2.45, 2.75) is 84.5 Å². The summed E-state index contributed by atoms with van der Waals surface area (Å²) in [5.41, 5.74) is 7.68. The van der Waals surface area contributed by atoms with Gasteiger partial charge in [0, 0.05) is 45.2 Å². The molecule has 4 N–H and O–H groups in total. The molecule has 1 amide bonds. The smallest absolute Gasteiger partial charge is 0.223 e. The molecule has 5 atom stereocenters. The van der Waals surface area contributed by atoms with Gasteiger partial charge in [-0.15, -0.1) is 0 Å². The lowest BCUT2D eigenvalue weighted by Gasteiger charge is -2.30. The number of rotatable bonds is 18. The standard InChI is InChI=1S/C30H52N2O6/c1-20(2)23(15-22-10-11-28(36-6)29(16-22)38-14-8-12-35-5)17-26(31)27(33)18-25(21(3)4)30(34)32-19-24-9-7-13-37-24/h10-11,16,20-21,23-27,33H,7-9,12-15,17-19,31H2,1-6H3,(H,32,34)/t23-,24+,25-,26-,27-/m0/s1. The summed E-state index contributed by atoms with van der Waals surface area (Å²) in [6.07, 6.45) is 3.98. The van der Waals surface area contributed by atoms with Gasteiger partial charge in [-0.3, -0.25) is 4.79 Å². The largest absolute Gasteiger partial charge is 0.493 e. The number of nitrogens with one attached hydrogen (secondary N) is 1. The van der Waals surface area contributed by atoms with Crippen LogP contribution in [0.1, 0.15) is 65.4 Å². The van der Waals surface area contributed by atoms with Gasteiger partial charge in [0.15, 0.2) is 11.5 Å². The van der Waals surface area contributed by atoms with Crippen LogP contribution in [0.4, 0.5) is 0 Å². The fourth-order valence-electron chi connectivity index (χ4n) is 5.01. The van der Waals surface area contributed by atoms with Crippen molar-refractivity contribution >= 4 is 5.91 Å². The first-order valence-corrected chi connectivity index (χ1v) is 14.3. The van der Waals surface area contributed by atoms with Crippen molar-refractivity contribution < 1.29 is 28.8 Å². The van der Waals surface area contributed by atoms with E-state index in [1.165, 1.54) is 0 Å². The van der Waals surface area contributed by atoms with Gasteiger partial charge in [-0.25, -0.2) is 0 Å². The Hall–Kier alpha value is -1.87. The lowest BCUT2D eigenvalue weighted by Crippen LogP contribution is -2.43. The normalized spacial score (nSPS) is 18.8. The minimum absolute atomic E-state index is 0.0292. The summed E-state index contributed by atoms with van der Waals surface area (Å²) in [4.78, 5) is 12.9. The molecule has 0 radical (unpaired) electrons. The molecule has 1 aromatic carbocycles. The van der Waals surface area contributed by atoms with Crippen LogP contribution in [0.5, 0.6) is 11.5 Å². The average molecular weight is 537 g/mol. The Balaban J connectivity index is 1.97. The van der Waals surface area contributed by atoms with E-state index in [0.29, 0.717) is 44.3 Å². The van der Waals surface area contributed by atoms with E-state index in [-0.39, 0.29) is 29.8 Å². The Kier molecular flexibility index (Phi) is 14.4. The van der Waals surface area contributed by atoms with Crippen LogP contribution in [-0.2, 0) is 20.7 Å².